The van der Waals surface area contributed by atoms with E-state index in [9.17, 15) is 14.9 Å². The maximum atomic E-state index is 13.0. The molecule has 0 atom stereocenters. The van der Waals surface area contributed by atoms with Crippen LogP contribution in [0.15, 0.2) is 64.0 Å². The molecule has 6 N–H and O–H groups in total. The summed E-state index contributed by atoms with van der Waals surface area (Å²) in [6, 6.07) is 15.6. The highest BCUT2D eigenvalue weighted by Crippen LogP contribution is 2.42. The molecule has 1 amide bonds. The lowest BCUT2D eigenvalue weighted by Crippen LogP contribution is -2.13. The Morgan fingerprint density at radius 3 is 2.70 bits per heavy atom. The van der Waals surface area contributed by atoms with Gasteiger partial charge in [-0.25, -0.2) is 9.67 Å². The van der Waals surface area contributed by atoms with Crippen molar-refractivity contribution >= 4 is 44.8 Å². The summed E-state index contributed by atoms with van der Waals surface area (Å²) in [6.45, 7) is 0. The van der Waals surface area contributed by atoms with Crippen LogP contribution in [0.25, 0.3) is 27.2 Å². The molecule has 0 unspecified atom stereocenters. The topological polar surface area (TPSA) is 169 Å². The molecule has 0 bridgehead atoms. The van der Waals surface area contributed by atoms with E-state index < -0.39 is 5.91 Å². The van der Waals surface area contributed by atoms with Crippen molar-refractivity contribution in [3.8, 4) is 23.1 Å². The third-order valence-corrected chi connectivity index (χ3v) is 6.07. The molecule has 0 fully saturated rings. The van der Waals surface area contributed by atoms with Crippen LogP contribution >= 0.6 is 11.3 Å². The van der Waals surface area contributed by atoms with Gasteiger partial charge >= 0.3 is 0 Å². The van der Waals surface area contributed by atoms with E-state index in [0.717, 1.165) is 11.3 Å². The van der Waals surface area contributed by atoms with E-state index in [1.165, 1.54) is 17.0 Å². The Morgan fingerprint density at radius 2 is 2.00 bits per heavy atom. The van der Waals surface area contributed by atoms with Crippen LogP contribution in [0, 0.1) is 11.3 Å². The Balaban J connectivity index is 1.57. The van der Waals surface area contributed by atoms with Crippen LogP contribution in [0.4, 0.5) is 17.3 Å². The Bertz CT molecular complexity index is 1610. The van der Waals surface area contributed by atoms with Gasteiger partial charge in [0.15, 0.2) is 0 Å². The minimum atomic E-state index is -0.542. The molecule has 0 aliphatic heterocycles. The fourth-order valence-electron chi connectivity index (χ4n) is 3.53. The van der Waals surface area contributed by atoms with E-state index in [-0.39, 0.29) is 33.3 Å². The minimum Gasteiger partial charge on any atom is -0.464 e. The standard InChI is InChI=1S/C22H15N7O3S/c23-10-12-16(13-7-4-8-32-13)17-18(24)19(33-22(17)27-20(12)25)21(31)26-14-9-15(30)29(28-14)11-5-2-1-3-6-11/h1-9,28H,24H2,(H2,25,27)(H,26,31). The zero-order valence-electron chi connectivity index (χ0n) is 16.8. The predicted molar refractivity (Wildman–Crippen MR) is 125 cm³/mol. The normalized spacial score (nSPS) is 10.9. The number of nitrogens with one attached hydrogen (secondary N) is 2. The highest BCUT2D eigenvalue weighted by Gasteiger charge is 2.25. The highest BCUT2D eigenvalue weighted by atomic mass is 32.1. The fraction of sp³-hybridized carbons (Fsp3) is 0. The quantitative estimate of drug-likeness (QED) is 0.321. The number of hydrogen-bond donors (Lipinski definition) is 4. The molecule has 0 spiro atoms. The lowest BCUT2D eigenvalue weighted by molar-refractivity contribution is 0.103. The molecular weight excluding hydrogens is 442 g/mol. The molecule has 1 aromatic carbocycles. The van der Waals surface area contributed by atoms with Crippen LogP contribution in [0.5, 0.6) is 0 Å². The molecule has 4 aromatic heterocycles. The number of nitriles is 1. The average molecular weight is 457 g/mol. The van der Waals surface area contributed by atoms with Crippen LogP contribution in [-0.2, 0) is 0 Å². The molecule has 162 valence electrons. The van der Waals surface area contributed by atoms with Crippen LogP contribution in [0.2, 0.25) is 0 Å². The van der Waals surface area contributed by atoms with Crippen molar-refractivity contribution in [3.63, 3.8) is 0 Å². The van der Waals surface area contributed by atoms with Crippen LogP contribution in [0.3, 0.4) is 0 Å². The second-order valence-electron chi connectivity index (χ2n) is 6.99. The zero-order valence-corrected chi connectivity index (χ0v) is 17.6. The van der Waals surface area contributed by atoms with E-state index in [4.69, 9.17) is 15.9 Å². The molecule has 33 heavy (non-hydrogen) atoms. The minimum absolute atomic E-state index is 0.00822. The fourth-order valence-corrected chi connectivity index (χ4v) is 4.53. The Kier molecular flexibility index (Phi) is 4.69. The third-order valence-electron chi connectivity index (χ3n) is 4.97. The SMILES string of the molecule is N#Cc1c(N)nc2sc(C(=O)Nc3cc(=O)n(-c4ccccc4)[nH]3)c(N)c2c1-c1ccco1. The van der Waals surface area contributed by atoms with E-state index in [0.29, 0.717) is 27.2 Å². The lowest BCUT2D eigenvalue weighted by atomic mass is 10.0. The first-order valence-electron chi connectivity index (χ1n) is 9.62. The predicted octanol–water partition coefficient (Wildman–Crippen LogP) is 3.32. The van der Waals surface area contributed by atoms with Crippen molar-refractivity contribution < 1.29 is 9.21 Å². The van der Waals surface area contributed by atoms with Gasteiger partial charge in [-0.15, -0.1) is 11.3 Å². The summed E-state index contributed by atoms with van der Waals surface area (Å²) >= 11 is 1.03. The van der Waals surface area contributed by atoms with Gasteiger partial charge in [0.05, 0.1) is 23.2 Å². The second kappa shape index (κ2) is 7.70. The van der Waals surface area contributed by atoms with Gasteiger partial charge in [-0.2, -0.15) is 5.26 Å². The third kappa shape index (κ3) is 3.31. The Labute approximate surface area is 189 Å². The number of amides is 1. The average Bonchev–Trinajstić information content (AvgIpc) is 3.53. The number of thiophene rings is 1. The molecule has 0 aliphatic carbocycles. The molecular formula is C22H15N7O3S. The van der Waals surface area contributed by atoms with Crippen molar-refractivity contribution in [1.82, 2.24) is 14.8 Å². The number of para-hydroxylation sites is 1. The number of aromatic amines is 1. The number of aromatic nitrogens is 3. The van der Waals surface area contributed by atoms with Gasteiger partial charge in [0.1, 0.15) is 38.7 Å². The number of rotatable bonds is 4. The summed E-state index contributed by atoms with van der Waals surface area (Å²) in [6.07, 6.45) is 1.46. The van der Waals surface area contributed by atoms with Gasteiger partial charge in [-0.1, -0.05) is 18.2 Å². The number of furan rings is 1. The number of fused-ring (bicyclic) bond motifs is 1. The molecule has 5 rings (SSSR count). The van der Waals surface area contributed by atoms with Crippen LogP contribution in [0.1, 0.15) is 15.2 Å². The summed E-state index contributed by atoms with van der Waals surface area (Å²) in [4.78, 5) is 30.2. The van der Waals surface area contributed by atoms with Gasteiger partial charge < -0.3 is 21.2 Å². The van der Waals surface area contributed by atoms with E-state index in [1.807, 2.05) is 12.1 Å². The van der Waals surface area contributed by atoms with Gasteiger partial charge in [0.2, 0.25) is 0 Å². The highest BCUT2D eigenvalue weighted by molar-refractivity contribution is 7.21. The Morgan fingerprint density at radius 1 is 1.21 bits per heavy atom. The zero-order chi connectivity index (χ0) is 23.1. The number of nitrogens with two attached hydrogens (primary N) is 2. The van der Waals surface area contributed by atoms with Gasteiger partial charge in [0.25, 0.3) is 11.5 Å². The monoisotopic (exact) mass is 457 g/mol. The number of nitrogen functional groups attached to an aromatic ring is 2. The van der Waals surface area contributed by atoms with E-state index in [1.54, 1.807) is 36.4 Å². The van der Waals surface area contributed by atoms with Crippen molar-refractivity contribution in [2.75, 3.05) is 16.8 Å². The Hall–Kier alpha value is -4.82. The molecule has 5 aromatic rings. The lowest BCUT2D eigenvalue weighted by Gasteiger charge is -2.07. The maximum Gasteiger partial charge on any atom is 0.273 e. The summed E-state index contributed by atoms with van der Waals surface area (Å²) in [5.41, 5.74) is 13.2. The summed E-state index contributed by atoms with van der Waals surface area (Å²) in [7, 11) is 0. The number of carbonyl (C=O) groups is 1. The first-order valence-corrected chi connectivity index (χ1v) is 10.4. The number of anilines is 3. The number of carbonyl (C=O) groups excluding carboxylic acids is 1. The van der Waals surface area contributed by atoms with Crippen molar-refractivity contribution in [1.29, 1.82) is 5.26 Å². The van der Waals surface area contributed by atoms with Crippen molar-refractivity contribution in [2.24, 2.45) is 0 Å². The number of hydrogen-bond acceptors (Lipinski definition) is 8. The smallest absolute Gasteiger partial charge is 0.273 e. The van der Waals surface area contributed by atoms with E-state index in [2.05, 4.69) is 15.4 Å². The summed E-state index contributed by atoms with van der Waals surface area (Å²) in [5.74, 6) is 0.0434. The first-order chi connectivity index (χ1) is 16.0. The maximum absolute atomic E-state index is 13.0. The van der Waals surface area contributed by atoms with Crippen LogP contribution < -0.4 is 22.3 Å². The summed E-state index contributed by atoms with van der Waals surface area (Å²) in [5, 5.41) is 15.5. The number of pyridine rings is 1. The molecule has 0 aliphatic rings. The van der Waals surface area contributed by atoms with Crippen LogP contribution in [-0.4, -0.2) is 20.7 Å². The number of H-pyrrole nitrogens is 1. The molecule has 4 heterocycles. The molecule has 11 heteroatoms. The van der Waals surface area contributed by atoms with Crippen molar-refractivity contribution in [2.45, 2.75) is 0 Å². The number of benzene rings is 1. The van der Waals surface area contributed by atoms with E-state index >= 15 is 0 Å². The molecule has 0 saturated heterocycles. The molecule has 10 nitrogen and oxygen atoms in total. The largest absolute Gasteiger partial charge is 0.464 e. The van der Waals surface area contributed by atoms with Gasteiger partial charge in [0, 0.05) is 11.5 Å². The van der Waals surface area contributed by atoms with Gasteiger partial charge in [-0.3, -0.25) is 14.7 Å². The van der Waals surface area contributed by atoms with Crippen molar-refractivity contribution in [3.05, 3.63) is 75.6 Å². The van der Waals surface area contributed by atoms with Gasteiger partial charge in [-0.05, 0) is 24.3 Å². The summed E-state index contributed by atoms with van der Waals surface area (Å²) < 4.78 is 6.78. The first kappa shape index (κ1) is 20.1. The molecule has 0 saturated carbocycles. The number of nitrogens with zero attached hydrogens (tertiary/aromatic N) is 3. The second-order valence-corrected chi connectivity index (χ2v) is 7.99. The molecule has 0 radical (unpaired) electrons.